The fourth-order valence-corrected chi connectivity index (χ4v) is 1.85. The molecule has 0 saturated carbocycles. The molecule has 0 radical (unpaired) electrons. The number of phenols is 1. The summed E-state index contributed by atoms with van der Waals surface area (Å²) in [5.41, 5.74) is -0.250. The Balaban J connectivity index is 2.02. The van der Waals surface area contributed by atoms with Gasteiger partial charge in [0.25, 0.3) is 0 Å². The number of hydrogen-bond acceptors (Lipinski definition) is 5. The Bertz CT molecular complexity index is 639. The van der Waals surface area contributed by atoms with Gasteiger partial charge in [-0.25, -0.2) is 4.79 Å². The highest BCUT2D eigenvalue weighted by Gasteiger charge is 2.19. The average Bonchev–Trinajstić information content (AvgIpc) is 2.53. The topological polar surface area (TPSA) is 85.2 Å². The second-order valence-electron chi connectivity index (χ2n) is 4.31. The lowest BCUT2D eigenvalue weighted by Gasteiger charge is -2.14. The normalized spacial score (nSPS) is 10.0. The molecule has 2 rings (SSSR count). The predicted octanol–water partition coefficient (Wildman–Crippen LogP) is 2.56. The number of methoxy groups -OCH3 is 1. The molecule has 6 nitrogen and oxygen atoms in total. The third kappa shape index (κ3) is 3.60. The van der Waals surface area contributed by atoms with Gasteiger partial charge in [0.05, 0.1) is 7.11 Å². The van der Waals surface area contributed by atoms with Gasteiger partial charge in [0.2, 0.25) is 5.75 Å². The molecule has 0 spiro atoms. The SMILES string of the molecule is COc1ccc(C(=O)O)c(O)c1OCCOc1ccccc1. The van der Waals surface area contributed by atoms with Crippen molar-refractivity contribution in [2.24, 2.45) is 0 Å². The van der Waals surface area contributed by atoms with E-state index in [0.717, 1.165) is 0 Å². The van der Waals surface area contributed by atoms with Gasteiger partial charge in [-0.05, 0) is 24.3 Å². The number of ether oxygens (including phenoxy) is 3. The van der Waals surface area contributed by atoms with Crippen molar-refractivity contribution < 1.29 is 29.2 Å². The second kappa shape index (κ2) is 7.21. The van der Waals surface area contributed by atoms with Crippen molar-refractivity contribution in [3.63, 3.8) is 0 Å². The first-order valence-electron chi connectivity index (χ1n) is 6.57. The Hall–Kier alpha value is -2.89. The van der Waals surface area contributed by atoms with E-state index >= 15 is 0 Å². The van der Waals surface area contributed by atoms with E-state index in [1.54, 1.807) is 0 Å². The van der Waals surface area contributed by atoms with Crippen LogP contribution < -0.4 is 14.2 Å². The third-order valence-corrected chi connectivity index (χ3v) is 2.89. The van der Waals surface area contributed by atoms with Crippen molar-refractivity contribution in [1.82, 2.24) is 0 Å². The summed E-state index contributed by atoms with van der Waals surface area (Å²) in [5, 5.41) is 19.0. The van der Waals surface area contributed by atoms with Gasteiger partial charge in [0.1, 0.15) is 24.5 Å². The maximum Gasteiger partial charge on any atom is 0.339 e. The van der Waals surface area contributed by atoms with Gasteiger partial charge in [-0.1, -0.05) is 18.2 Å². The summed E-state index contributed by atoms with van der Waals surface area (Å²) in [4.78, 5) is 11.0. The number of benzene rings is 2. The molecule has 0 aliphatic carbocycles. The van der Waals surface area contributed by atoms with Gasteiger partial charge in [0.15, 0.2) is 11.5 Å². The van der Waals surface area contributed by atoms with Crippen LogP contribution in [0, 0.1) is 0 Å². The van der Waals surface area contributed by atoms with Crippen LogP contribution in [0.15, 0.2) is 42.5 Å². The third-order valence-electron chi connectivity index (χ3n) is 2.89. The molecule has 0 atom stereocenters. The van der Waals surface area contributed by atoms with Gasteiger partial charge in [0, 0.05) is 0 Å². The molecule has 0 amide bonds. The summed E-state index contributed by atoms with van der Waals surface area (Å²) >= 11 is 0. The number of hydrogen-bond donors (Lipinski definition) is 2. The van der Waals surface area contributed by atoms with Gasteiger partial charge in [-0.2, -0.15) is 0 Å². The Morgan fingerprint density at radius 2 is 1.73 bits per heavy atom. The van der Waals surface area contributed by atoms with Gasteiger partial charge in [-0.15, -0.1) is 0 Å². The van der Waals surface area contributed by atoms with Crippen LogP contribution in [0.5, 0.6) is 23.0 Å². The maximum absolute atomic E-state index is 11.0. The molecule has 22 heavy (non-hydrogen) atoms. The fraction of sp³-hybridized carbons (Fsp3) is 0.188. The highest BCUT2D eigenvalue weighted by molar-refractivity contribution is 5.92. The van der Waals surface area contributed by atoms with Gasteiger partial charge >= 0.3 is 5.97 Å². The van der Waals surface area contributed by atoms with Crippen LogP contribution in [0.3, 0.4) is 0 Å². The quantitative estimate of drug-likeness (QED) is 0.765. The lowest BCUT2D eigenvalue weighted by atomic mass is 10.1. The molecule has 2 N–H and O–H groups in total. The van der Waals surface area contributed by atoms with Crippen molar-refractivity contribution in [2.45, 2.75) is 0 Å². The second-order valence-corrected chi connectivity index (χ2v) is 4.31. The predicted molar refractivity (Wildman–Crippen MR) is 79.1 cm³/mol. The van der Waals surface area contributed by atoms with Crippen molar-refractivity contribution in [1.29, 1.82) is 0 Å². The van der Waals surface area contributed by atoms with Crippen LogP contribution >= 0.6 is 0 Å². The summed E-state index contributed by atoms with van der Waals surface area (Å²) in [5.74, 6) is -0.778. The first kappa shape index (κ1) is 15.5. The number of aromatic hydroxyl groups is 1. The molecular weight excluding hydrogens is 288 g/mol. The van der Waals surface area contributed by atoms with Crippen molar-refractivity contribution >= 4 is 5.97 Å². The number of para-hydroxylation sites is 1. The van der Waals surface area contributed by atoms with E-state index in [4.69, 9.17) is 19.3 Å². The summed E-state index contributed by atoms with van der Waals surface area (Å²) in [6, 6.07) is 11.9. The molecule has 0 unspecified atom stereocenters. The van der Waals surface area contributed by atoms with E-state index < -0.39 is 11.7 Å². The minimum absolute atomic E-state index is 0.0148. The smallest absolute Gasteiger partial charge is 0.339 e. The molecule has 0 saturated heterocycles. The standard InChI is InChI=1S/C16H16O6/c1-20-13-8-7-12(16(18)19)14(17)15(13)22-10-9-21-11-5-3-2-4-6-11/h2-8,17H,9-10H2,1H3,(H,18,19). The monoisotopic (exact) mass is 304 g/mol. The molecule has 0 aromatic heterocycles. The molecule has 0 fully saturated rings. The molecule has 6 heteroatoms. The number of rotatable bonds is 7. The highest BCUT2D eigenvalue weighted by atomic mass is 16.5. The molecule has 0 bridgehead atoms. The van der Waals surface area contributed by atoms with Crippen molar-refractivity contribution in [3.05, 3.63) is 48.0 Å². The first-order valence-corrected chi connectivity index (χ1v) is 6.57. The lowest BCUT2D eigenvalue weighted by molar-refractivity contribution is 0.0692. The molecular formula is C16H16O6. The number of carboxylic acid groups (broad SMARTS) is 1. The van der Waals surface area contributed by atoms with E-state index in [-0.39, 0.29) is 30.3 Å². The van der Waals surface area contributed by atoms with Crippen LogP contribution in [0.1, 0.15) is 10.4 Å². The summed E-state index contributed by atoms with van der Waals surface area (Å²) in [6.07, 6.45) is 0. The molecule has 2 aromatic carbocycles. The Labute approximate surface area is 127 Å². The summed E-state index contributed by atoms with van der Waals surface area (Å²) in [7, 11) is 1.41. The number of aromatic carboxylic acids is 1. The minimum Gasteiger partial charge on any atom is -0.504 e. The zero-order valence-corrected chi connectivity index (χ0v) is 12.0. The number of carboxylic acids is 1. The lowest BCUT2D eigenvalue weighted by Crippen LogP contribution is -2.10. The highest BCUT2D eigenvalue weighted by Crippen LogP contribution is 2.39. The molecule has 116 valence electrons. The Morgan fingerprint density at radius 1 is 1.05 bits per heavy atom. The zero-order chi connectivity index (χ0) is 15.9. The molecule has 0 aliphatic rings. The van der Waals surface area contributed by atoms with Gasteiger partial charge < -0.3 is 24.4 Å². The van der Waals surface area contributed by atoms with E-state index in [9.17, 15) is 9.90 Å². The van der Waals surface area contributed by atoms with Crippen LogP contribution in [-0.4, -0.2) is 36.5 Å². The number of carbonyl (C=O) groups is 1. The molecule has 0 aliphatic heterocycles. The van der Waals surface area contributed by atoms with Crippen LogP contribution in [0.4, 0.5) is 0 Å². The first-order chi connectivity index (χ1) is 10.6. The zero-order valence-electron chi connectivity index (χ0n) is 12.0. The minimum atomic E-state index is -1.24. The Kier molecular flexibility index (Phi) is 5.08. The molecule has 0 heterocycles. The van der Waals surface area contributed by atoms with E-state index in [2.05, 4.69) is 0 Å². The summed E-state index contributed by atoms with van der Waals surface area (Å²) in [6.45, 7) is 0.367. The Morgan fingerprint density at radius 3 is 2.36 bits per heavy atom. The van der Waals surface area contributed by atoms with E-state index in [1.165, 1.54) is 19.2 Å². The largest absolute Gasteiger partial charge is 0.504 e. The van der Waals surface area contributed by atoms with E-state index in [1.807, 2.05) is 30.3 Å². The van der Waals surface area contributed by atoms with Crippen LogP contribution in [0.2, 0.25) is 0 Å². The van der Waals surface area contributed by atoms with Crippen LogP contribution in [-0.2, 0) is 0 Å². The fourth-order valence-electron chi connectivity index (χ4n) is 1.85. The maximum atomic E-state index is 11.0. The molecule has 2 aromatic rings. The van der Waals surface area contributed by atoms with Crippen molar-refractivity contribution in [2.75, 3.05) is 20.3 Å². The van der Waals surface area contributed by atoms with Gasteiger partial charge in [-0.3, -0.25) is 0 Å². The van der Waals surface area contributed by atoms with Crippen LogP contribution in [0.25, 0.3) is 0 Å². The summed E-state index contributed by atoms with van der Waals surface area (Å²) < 4.78 is 15.9. The van der Waals surface area contributed by atoms with E-state index in [0.29, 0.717) is 5.75 Å². The average molecular weight is 304 g/mol. The van der Waals surface area contributed by atoms with Crippen molar-refractivity contribution in [3.8, 4) is 23.0 Å².